The van der Waals surface area contributed by atoms with E-state index in [4.69, 9.17) is 4.74 Å². The van der Waals surface area contributed by atoms with E-state index >= 15 is 0 Å². The van der Waals surface area contributed by atoms with Gasteiger partial charge in [-0.15, -0.1) is 11.3 Å². The van der Waals surface area contributed by atoms with Crippen LogP contribution in [0.25, 0.3) is 4.96 Å². The molecule has 0 radical (unpaired) electrons. The maximum atomic E-state index is 11.9. The van der Waals surface area contributed by atoms with Crippen LogP contribution in [0.1, 0.15) is 23.0 Å². The van der Waals surface area contributed by atoms with Gasteiger partial charge in [-0.1, -0.05) is 0 Å². The number of thiazole rings is 1. The van der Waals surface area contributed by atoms with Crippen molar-refractivity contribution in [2.45, 2.75) is 13.5 Å². The largest absolute Gasteiger partial charge is 0.462 e. The van der Waals surface area contributed by atoms with Gasteiger partial charge in [0.1, 0.15) is 0 Å². The first kappa shape index (κ1) is 15.2. The van der Waals surface area contributed by atoms with E-state index in [1.807, 2.05) is 5.38 Å². The number of hydrogen-bond acceptors (Lipinski definition) is 6. The minimum atomic E-state index is -0.336. The molecular formula is C16H15N3O3S. The maximum absolute atomic E-state index is 11.9. The number of esters is 1. The van der Waals surface area contributed by atoms with Gasteiger partial charge >= 0.3 is 5.97 Å². The first-order valence-corrected chi connectivity index (χ1v) is 8.02. The Bertz CT molecular complexity index is 883. The Morgan fingerprint density at radius 3 is 2.87 bits per heavy atom. The van der Waals surface area contributed by atoms with Gasteiger partial charge in [0.25, 0.3) is 5.56 Å². The molecular weight excluding hydrogens is 314 g/mol. The van der Waals surface area contributed by atoms with Crippen LogP contribution in [0.5, 0.6) is 0 Å². The van der Waals surface area contributed by atoms with Gasteiger partial charge in [0.15, 0.2) is 4.96 Å². The topological polar surface area (TPSA) is 72.7 Å². The number of rotatable bonds is 5. The quantitative estimate of drug-likeness (QED) is 0.728. The lowest BCUT2D eigenvalue weighted by atomic mass is 10.2. The fraction of sp³-hybridized carbons (Fsp3) is 0.188. The second-order valence-corrected chi connectivity index (χ2v) is 5.67. The molecule has 0 atom stereocenters. The normalized spacial score (nSPS) is 10.7. The summed E-state index contributed by atoms with van der Waals surface area (Å²) in [4.78, 5) is 28.6. The van der Waals surface area contributed by atoms with Crippen molar-refractivity contribution < 1.29 is 9.53 Å². The molecule has 2 heterocycles. The summed E-state index contributed by atoms with van der Waals surface area (Å²) in [6, 6.07) is 8.50. The lowest BCUT2D eigenvalue weighted by Crippen LogP contribution is -2.14. The molecule has 6 nitrogen and oxygen atoms in total. The van der Waals surface area contributed by atoms with Crippen molar-refractivity contribution in [3.63, 3.8) is 0 Å². The molecule has 0 aliphatic heterocycles. The Morgan fingerprint density at radius 2 is 2.13 bits per heavy atom. The highest BCUT2D eigenvalue weighted by atomic mass is 32.1. The molecule has 1 N–H and O–H groups in total. The summed E-state index contributed by atoms with van der Waals surface area (Å²) in [6.07, 6.45) is 1.71. The molecule has 2 aromatic heterocycles. The SMILES string of the molecule is CCOC(=O)c1ccc(NCc2cc(=O)n3ccsc3n2)cc1. The van der Waals surface area contributed by atoms with E-state index in [1.54, 1.807) is 37.4 Å². The van der Waals surface area contributed by atoms with E-state index < -0.39 is 0 Å². The van der Waals surface area contributed by atoms with E-state index in [1.165, 1.54) is 21.8 Å². The third-order valence-electron chi connectivity index (χ3n) is 3.23. The lowest BCUT2D eigenvalue weighted by molar-refractivity contribution is 0.0526. The van der Waals surface area contributed by atoms with Crippen LogP contribution in [0, 0.1) is 0 Å². The summed E-state index contributed by atoms with van der Waals surface area (Å²) < 4.78 is 6.45. The number of carbonyl (C=O) groups is 1. The maximum Gasteiger partial charge on any atom is 0.338 e. The highest BCUT2D eigenvalue weighted by molar-refractivity contribution is 7.15. The summed E-state index contributed by atoms with van der Waals surface area (Å²) in [5.41, 5.74) is 1.93. The van der Waals surface area contributed by atoms with Crippen LogP contribution in [0.15, 0.2) is 46.7 Å². The van der Waals surface area contributed by atoms with Crippen LogP contribution < -0.4 is 10.9 Å². The van der Waals surface area contributed by atoms with Crippen molar-refractivity contribution in [3.8, 4) is 0 Å². The number of nitrogens with one attached hydrogen (secondary N) is 1. The molecule has 7 heteroatoms. The Balaban J connectivity index is 1.69. The van der Waals surface area contributed by atoms with Crippen LogP contribution in [0.2, 0.25) is 0 Å². The Kier molecular flexibility index (Phi) is 4.38. The molecule has 0 amide bonds. The predicted molar refractivity (Wildman–Crippen MR) is 89.1 cm³/mol. The molecule has 0 spiro atoms. The van der Waals surface area contributed by atoms with Gasteiger partial charge in [0, 0.05) is 23.3 Å². The molecule has 0 fully saturated rings. The average Bonchev–Trinajstić information content (AvgIpc) is 3.03. The summed E-state index contributed by atoms with van der Waals surface area (Å²) in [6.45, 7) is 2.56. The third-order valence-corrected chi connectivity index (χ3v) is 3.98. The van der Waals surface area contributed by atoms with Crippen LogP contribution in [-0.2, 0) is 11.3 Å². The number of fused-ring (bicyclic) bond motifs is 1. The fourth-order valence-corrected chi connectivity index (χ4v) is 2.85. The van der Waals surface area contributed by atoms with Gasteiger partial charge in [-0.25, -0.2) is 9.78 Å². The fourth-order valence-electron chi connectivity index (χ4n) is 2.11. The summed E-state index contributed by atoms with van der Waals surface area (Å²) in [7, 11) is 0. The average molecular weight is 329 g/mol. The van der Waals surface area contributed by atoms with Gasteiger partial charge in [0.05, 0.1) is 24.4 Å². The van der Waals surface area contributed by atoms with E-state index in [0.717, 1.165) is 5.69 Å². The van der Waals surface area contributed by atoms with E-state index in [0.29, 0.717) is 29.4 Å². The minimum absolute atomic E-state index is 0.0919. The molecule has 23 heavy (non-hydrogen) atoms. The first-order chi connectivity index (χ1) is 11.2. The molecule has 0 bridgehead atoms. The Morgan fingerprint density at radius 1 is 1.35 bits per heavy atom. The smallest absolute Gasteiger partial charge is 0.338 e. The van der Waals surface area contributed by atoms with Gasteiger partial charge in [0.2, 0.25) is 0 Å². The van der Waals surface area contributed by atoms with Gasteiger partial charge in [-0.05, 0) is 31.2 Å². The zero-order valence-corrected chi connectivity index (χ0v) is 13.3. The van der Waals surface area contributed by atoms with Crippen molar-refractivity contribution in [1.29, 1.82) is 0 Å². The van der Waals surface area contributed by atoms with E-state index in [2.05, 4.69) is 10.3 Å². The number of anilines is 1. The Hall–Kier alpha value is -2.67. The first-order valence-electron chi connectivity index (χ1n) is 7.14. The molecule has 0 unspecified atom stereocenters. The van der Waals surface area contributed by atoms with E-state index in [-0.39, 0.29) is 11.5 Å². The van der Waals surface area contributed by atoms with Crippen molar-refractivity contribution >= 4 is 28.0 Å². The number of benzene rings is 1. The Labute approximate surface area is 136 Å². The lowest BCUT2D eigenvalue weighted by Gasteiger charge is -2.07. The second kappa shape index (κ2) is 6.62. The molecule has 0 saturated heterocycles. The molecule has 118 valence electrons. The molecule has 3 aromatic rings. The monoisotopic (exact) mass is 329 g/mol. The number of nitrogens with zero attached hydrogens (tertiary/aromatic N) is 2. The molecule has 0 aliphatic rings. The zero-order valence-electron chi connectivity index (χ0n) is 12.5. The van der Waals surface area contributed by atoms with Gasteiger partial charge in [-0.2, -0.15) is 0 Å². The molecule has 0 aliphatic carbocycles. The van der Waals surface area contributed by atoms with E-state index in [9.17, 15) is 9.59 Å². The number of aromatic nitrogens is 2. The van der Waals surface area contributed by atoms with Crippen LogP contribution >= 0.6 is 11.3 Å². The summed E-state index contributed by atoms with van der Waals surface area (Å²) in [5, 5.41) is 5.01. The standard InChI is InChI=1S/C16H15N3O3S/c1-2-22-15(21)11-3-5-12(6-4-11)17-10-13-9-14(20)19-7-8-23-16(19)18-13/h3-9,17H,2,10H2,1H3. The summed E-state index contributed by atoms with van der Waals surface area (Å²) >= 11 is 1.42. The van der Waals surface area contributed by atoms with Crippen molar-refractivity contribution in [3.05, 3.63) is 63.5 Å². The molecule has 3 rings (SSSR count). The van der Waals surface area contributed by atoms with Crippen molar-refractivity contribution in [1.82, 2.24) is 9.38 Å². The number of hydrogen-bond donors (Lipinski definition) is 1. The van der Waals surface area contributed by atoms with Crippen LogP contribution in [-0.4, -0.2) is 22.0 Å². The number of carbonyl (C=O) groups excluding carboxylic acids is 1. The summed E-state index contributed by atoms with van der Waals surface area (Å²) in [5.74, 6) is -0.336. The molecule has 1 aromatic carbocycles. The van der Waals surface area contributed by atoms with Crippen LogP contribution in [0.3, 0.4) is 0 Å². The van der Waals surface area contributed by atoms with Gasteiger partial charge in [-0.3, -0.25) is 9.20 Å². The van der Waals surface area contributed by atoms with Crippen LogP contribution in [0.4, 0.5) is 5.69 Å². The zero-order chi connectivity index (χ0) is 16.2. The van der Waals surface area contributed by atoms with Crippen molar-refractivity contribution in [2.75, 3.05) is 11.9 Å². The highest BCUT2D eigenvalue weighted by Crippen LogP contribution is 2.12. The molecule has 0 saturated carbocycles. The van der Waals surface area contributed by atoms with Crippen molar-refractivity contribution in [2.24, 2.45) is 0 Å². The predicted octanol–water partition coefficient (Wildman–Crippen LogP) is 2.54. The second-order valence-electron chi connectivity index (χ2n) is 4.79. The number of ether oxygens (including phenoxy) is 1. The minimum Gasteiger partial charge on any atom is -0.462 e. The third kappa shape index (κ3) is 3.40. The van der Waals surface area contributed by atoms with Gasteiger partial charge < -0.3 is 10.1 Å². The highest BCUT2D eigenvalue weighted by Gasteiger charge is 2.06.